The van der Waals surface area contributed by atoms with E-state index in [9.17, 15) is 14.7 Å². The van der Waals surface area contributed by atoms with Crippen LogP contribution in [-0.4, -0.2) is 35.4 Å². The maximum absolute atomic E-state index is 12.8. The molecule has 1 unspecified atom stereocenters. The van der Waals surface area contributed by atoms with E-state index in [1.165, 1.54) is 6.92 Å². The van der Waals surface area contributed by atoms with Crippen LogP contribution in [0, 0.1) is 29.6 Å². The van der Waals surface area contributed by atoms with Gasteiger partial charge in [0.1, 0.15) is 12.2 Å². The number of hydrogen-bond donors (Lipinski definition) is 1. The van der Waals surface area contributed by atoms with Gasteiger partial charge in [-0.3, -0.25) is 9.59 Å². The second kappa shape index (κ2) is 9.46. The Morgan fingerprint density at radius 2 is 2.28 bits per heavy atom. The van der Waals surface area contributed by atoms with Gasteiger partial charge in [0.15, 0.2) is 0 Å². The number of aliphatic hydroxyl groups excluding tert-OH is 1. The average Bonchev–Trinajstić information content (AvgIpc) is 2.76. The van der Waals surface area contributed by atoms with Crippen molar-refractivity contribution < 1.29 is 32.4 Å². The smallest absolute Gasteiger partial charge is 0.308 e. The monoisotopic (exact) mass is 410 g/mol. The summed E-state index contributed by atoms with van der Waals surface area (Å²) in [5, 5.41) is 10.1. The molecule has 1 saturated heterocycles. The number of ether oxygens (including phenoxy) is 2. The van der Waals surface area contributed by atoms with E-state index in [1.54, 1.807) is 13.0 Å². The van der Waals surface area contributed by atoms with E-state index < -0.39 is 55.3 Å². The fourth-order valence-corrected chi connectivity index (χ4v) is 4.62. The van der Waals surface area contributed by atoms with Gasteiger partial charge >= 0.3 is 11.9 Å². The predicted molar refractivity (Wildman–Crippen MR) is 111 cm³/mol. The maximum atomic E-state index is 12.8. The fraction of sp³-hybridized carbons (Fsp3) is 0.750. The van der Waals surface area contributed by atoms with Crippen molar-refractivity contribution in [3.05, 3.63) is 23.8 Å². The number of carbonyl (C=O) groups is 2. The van der Waals surface area contributed by atoms with Crippen LogP contribution in [0.25, 0.3) is 0 Å². The summed E-state index contributed by atoms with van der Waals surface area (Å²) in [5.74, 6) is -4.24. The van der Waals surface area contributed by atoms with Gasteiger partial charge in [-0.05, 0) is 49.0 Å². The average molecular weight is 411 g/mol. The van der Waals surface area contributed by atoms with Gasteiger partial charge in [-0.25, -0.2) is 0 Å². The number of cyclic esters (lactones) is 1. The fourth-order valence-electron chi connectivity index (χ4n) is 4.62. The van der Waals surface area contributed by atoms with Crippen molar-refractivity contribution in [1.29, 1.82) is 0 Å². The highest BCUT2D eigenvalue weighted by Gasteiger charge is 2.42. The molecule has 0 amide bonds. The first-order valence-electron chi connectivity index (χ1n) is 13.6. The third kappa shape index (κ3) is 5.30. The first-order valence-corrected chi connectivity index (χ1v) is 10.6. The molecular formula is C24H36O5. The van der Waals surface area contributed by atoms with Crippen LogP contribution in [-0.2, 0) is 19.1 Å². The van der Waals surface area contributed by atoms with Crippen LogP contribution in [0.5, 0.6) is 0 Å². The standard InChI is InChI=1S/C24H36O5/c1-5-15(3)24(27)29-21-11-14(2)10-17-7-6-16(4)20(23(17)21)9-8-19-12-18(25)13-22(26)28-19/h6-7,10,14-16,18-21,23,25H,5,8-9,11-13H2,1-4H3/t14-,15-,16-,18+,19?,20-,21-,23-/m0/s1/i2D3,13D2,15D. The third-order valence-corrected chi connectivity index (χ3v) is 6.40. The molecule has 1 aliphatic heterocycles. The molecular weight excluding hydrogens is 368 g/mol. The Bertz CT molecular complexity index is 880. The topological polar surface area (TPSA) is 72.8 Å². The number of hydrogen-bond acceptors (Lipinski definition) is 5. The molecule has 3 aliphatic rings. The maximum Gasteiger partial charge on any atom is 0.308 e. The van der Waals surface area contributed by atoms with Gasteiger partial charge in [-0.15, -0.1) is 0 Å². The van der Waals surface area contributed by atoms with Gasteiger partial charge < -0.3 is 14.6 Å². The molecule has 5 nitrogen and oxygen atoms in total. The Balaban J connectivity index is 1.84. The molecule has 2 aliphatic carbocycles. The molecule has 8 atom stereocenters. The van der Waals surface area contributed by atoms with Gasteiger partial charge in [0.2, 0.25) is 0 Å². The van der Waals surface area contributed by atoms with Crippen molar-refractivity contribution in [2.45, 2.75) is 84.4 Å². The van der Waals surface area contributed by atoms with Crippen LogP contribution < -0.4 is 0 Å². The largest absolute Gasteiger partial charge is 0.462 e. The minimum absolute atomic E-state index is 0.00369. The van der Waals surface area contributed by atoms with Gasteiger partial charge in [0.25, 0.3) is 0 Å². The Labute approximate surface area is 183 Å². The van der Waals surface area contributed by atoms with Crippen molar-refractivity contribution >= 4 is 11.9 Å². The highest BCUT2D eigenvalue weighted by atomic mass is 16.5. The quantitative estimate of drug-likeness (QED) is 0.665. The molecule has 0 aromatic carbocycles. The van der Waals surface area contributed by atoms with Crippen LogP contribution >= 0.6 is 0 Å². The Kier molecular flexibility index (Phi) is 4.97. The molecule has 0 radical (unpaired) electrons. The van der Waals surface area contributed by atoms with E-state index in [-0.39, 0.29) is 37.0 Å². The van der Waals surface area contributed by atoms with Gasteiger partial charge in [-0.1, -0.05) is 45.9 Å². The van der Waals surface area contributed by atoms with Crippen molar-refractivity contribution in [2.24, 2.45) is 29.6 Å². The lowest BCUT2D eigenvalue weighted by molar-refractivity contribution is -0.162. The van der Waals surface area contributed by atoms with Crippen molar-refractivity contribution in [3.63, 3.8) is 0 Å². The van der Waals surface area contributed by atoms with E-state index in [0.29, 0.717) is 12.8 Å². The second-order valence-electron chi connectivity index (χ2n) is 8.49. The van der Waals surface area contributed by atoms with E-state index in [4.69, 9.17) is 17.7 Å². The number of carbonyl (C=O) groups excluding carboxylic acids is 2. The zero-order valence-electron chi connectivity index (χ0n) is 23.4. The normalized spacial score (nSPS) is 44.2. The number of aliphatic hydroxyl groups is 1. The zero-order chi connectivity index (χ0) is 26.3. The van der Waals surface area contributed by atoms with Crippen LogP contribution in [0.15, 0.2) is 23.8 Å². The summed E-state index contributed by atoms with van der Waals surface area (Å²) >= 11 is 0. The molecule has 29 heavy (non-hydrogen) atoms. The molecule has 1 fully saturated rings. The summed E-state index contributed by atoms with van der Waals surface area (Å²) in [4.78, 5) is 24.8. The van der Waals surface area contributed by atoms with Crippen LogP contribution in [0.3, 0.4) is 0 Å². The summed E-state index contributed by atoms with van der Waals surface area (Å²) < 4.78 is 58.4. The molecule has 0 spiro atoms. The van der Waals surface area contributed by atoms with E-state index >= 15 is 0 Å². The lowest BCUT2D eigenvalue weighted by atomic mass is 9.65. The van der Waals surface area contributed by atoms with Gasteiger partial charge in [-0.2, -0.15) is 0 Å². The molecule has 1 N–H and O–H groups in total. The van der Waals surface area contributed by atoms with Gasteiger partial charge in [0, 0.05) is 20.6 Å². The van der Waals surface area contributed by atoms with Crippen molar-refractivity contribution in [1.82, 2.24) is 0 Å². The number of fused-ring (bicyclic) bond motifs is 1. The molecule has 1 heterocycles. The summed E-state index contributed by atoms with van der Waals surface area (Å²) in [5.41, 5.74) is 0.790. The van der Waals surface area contributed by atoms with Crippen LogP contribution in [0.4, 0.5) is 0 Å². The lowest BCUT2D eigenvalue weighted by Gasteiger charge is -2.43. The van der Waals surface area contributed by atoms with E-state index in [0.717, 1.165) is 5.57 Å². The number of esters is 2. The third-order valence-electron chi connectivity index (χ3n) is 6.40. The second-order valence-corrected chi connectivity index (χ2v) is 8.49. The zero-order valence-corrected chi connectivity index (χ0v) is 17.4. The summed E-state index contributed by atoms with van der Waals surface area (Å²) in [6.45, 7) is 2.98. The Morgan fingerprint density at radius 3 is 2.97 bits per heavy atom. The van der Waals surface area contributed by atoms with Crippen molar-refractivity contribution in [2.75, 3.05) is 0 Å². The minimum atomic E-state index is -2.43. The molecule has 0 saturated carbocycles. The molecule has 3 rings (SSSR count). The van der Waals surface area contributed by atoms with Crippen molar-refractivity contribution in [3.8, 4) is 0 Å². The SMILES string of the molecule is [2H]C([2H])([2H])[C@H]1C=C2C=C[C@H](C)[C@H](CCC3C[C@@H](O)C([2H])([2H])C(=O)O3)[C@H]2[C@@H](OC(=O)[C@@]([2H])(C)CC)C1. The molecule has 162 valence electrons. The highest BCUT2D eigenvalue weighted by molar-refractivity contribution is 5.72. The minimum Gasteiger partial charge on any atom is -0.462 e. The summed E-state index contributed by atoms with van der Waals surface area (Å²) in [6, 6.07) is 0. The first kappa shape index (κ1) is 15.2. The summed E-state index contributed by atoms with van der Waals surface area (Å²) in [6.07, 6.45) is 1.73. The number of allylic oxidation sites excluding steroid dienone is 3. The molecule has 5 heteroatoms. The van der Waals surface area contributed by atoms with E-state index in [1.807, 2.05) is 19.1 Å². The molecule has 0 aromatic rings. The predicted octanol–water partition coefficient (Wildman–Crippen LogP) is 4.20. The Morgan fingerprint density at radius 1 is 1.48 bits per heavy atom. The number of rotatable bonds is 6. The van der Waals surface area contributed by atoms with Crippen LogP contribution in [0.1, 0.15) is 74.3 Å². The lowest BCUT2D eigenvalue weighted by Crippen LogP contribution is -2.42. The highest BCUT2D eigenvalue weighted by Crippen LogP contribution is 2.45. The summed E-state index contributed by atoms with van der Waals surface area (Å²) in [7, 11) is 0. The van der Waals surface area contributed by atoms with Gasteiger partial charge in [0.05, 0.1) is 18.4 Å². The molecule has 0 bridgehead atoms. The first-order chi connectivity index (χ1) is 16.1. The van der Waals surface area contributed by atoms with E-state index in [2.05, 4.69) is 0 Å². The molecule has 0 aromatic heterocycles. The van der Waals surface area contributed by atoms with Crippen LogP contribution in [0.2, 0.25) is 0 Å². The Hall–Kier alpha value is -1.62.